The molecule has 3 aromatic carbocycles. The van der Waals surface area contributed by atoms with Gasteiger partial charge in [0, 0.05) is 49.2 Å². The van der Waals surface area contributed by atoms with Crippen LogP contribution in [0.25, 0.3) is 0 Å². The summed E-state index contributed by atoms with van der Waals surface area (Å²) in [6.45, 7) is 5.36. The first-order valence-electron chi connectivity index (χ1n) is 13.9. The van der Waals surface area contributed by atoms with Gasteiger partial charge in [0.2, 0.25) is 0 Å². The molecule has 42 heavy (non-hydrogen) atoms. The lowest BCUT2D eigenvalue weighted by Crippen LogP contribution is -2.54. The van der Waals surface area contributed by atoms with Crippen molar-refractivity contribution in [3.8, 4) is 17.9 Å². The fourth-order valence-electron chi connectivity index (χ4n) is 5.43. The molecule has 0 aromatic heterocycles. The Bertz CT molecular complexity index is 1540. The SMILES string of the molecule is CCOc1cc(C#N)ccc1C1=N[C@@H](c2ccc(Cl)cc2)[C@@H](c2ccc(Cl)cc2)N1C(=O)N1CCN(CCC#N)CC1. The molecule has 0 radical (unpaired) electrons. The molecule has 2 amide bonds. The maximum absolute atomic E-state index is 14.5. The molecule has 0 N–H and O–H groups in total. The Morgan fingerprint density at radius 1 is 0.952 bits per heavy atom. The van der Waals surface area contributed by atoms with Crippen molar-refractivity contribution < 1.29 is 9.53 Å². The van der Waals surface area contributed by atoms with Crippen molar-refractivity contribution in [3.63, 3.8) is 0 Å². The van der Waals surface area contributed by atoms with Gasteiger partial charge < -0.3 is 9.64 Å². The molecule has 10 heteroatoms. The second kappa shape index (κ2) is 13.3. The average Bonchev–Trinajstić information content (AvgIpc) is 3.41. The third-order valence-electron chi connectivity index (χ3n) is 7.53. The summed E-state index contributed by atoms with van der Waals surface area (Å²) in [5, 5.41) is 19.7. The van der Waals surface area contributed by atoms with Crippen molar-refractivity contribution in [2.45, 2.75) is 25.4 Å². The summed E-state index contributed by atoms with van der Waals surface area (Å²) >= 11 is 12.5. The molecular weight excluding hydrogens is 571 g/mol. The number of benzene rings is 3. The zero-order chi connectivity index (χ0) is 29.6. The molecule has 0 saturated carbocycles. The summed E-state index contributed by atoms with van der Waals surface area (Å²) in [5.41, 5.74) is 2.87. The number of carbonyl (C=O) groups is 1. The van der Waals surface area contributed by atoms with Crippen LogP contribution in [0, 0.1) is 22.7 Å². The van der Waals surface area contributed by atoms with Gasteiger partial charge in [0.25, 0.3) is 0 Å². The van der Waals surface area contributed by atoms with Crippen LogP contribution >= 0.6 is 23.2 Å². The third kappa shape index (κ3) is 6.22. The zero-order valence-corrected chi connectivity index (χ0v) is 24.7. The van der Waals surface area contributed by atoms with Crippen LogP contribution in [0.1, 0.15) is 47.7 Å². The normalized spacial score (nSPS) is 18.7. The molecule has 0 aliphatic carbocycles. The highest BCUT2D eigenvalue weighted by atomic mass is 35.5. The van der Waals surface area contributed by atoms with Gasteiger partial charge in [0.05, 0.1) is 35.9 Å². The van der Waals surface area contributed by atoms with Gasteiger partial charge in [-0.15, -0.1) is 0 Å². The second-order valence-electron chi connectivity index (χ2n) is 10.1. The minimum atomic E-state index is -0.479. The molecule has 0 bridgehead atoms. The monoisotopic (exact) mass is 600 g/mol. The smallest absolute Gasteiger partial charge is 0.326 e. The van der Waals surface area contributed by atoms with Crippen molar-refractivity contribution in [3.05, 3.63) is 99.0 Å². The van der Waals surface area contributed by atoms with Crippen molar-refractivity contribution in [2.24, 2.45) is 4.99 Å². The van der Waals surface area contributed by atoms with Gasteiger partial charge in [-0.05, 0) is 60.5 Å². The summed E-state index contributed by atoms with van der Waals surface area (Å²) in [6, 6.07) is 23.5. The molecule has 214 valence electrons. The molecule has 1 fully saturated rings. The fraction of sp³-hybridized carbons (Fsp3) is 0.312. The Hall–Kier alpha value is -4.08. The van der Waals surface area contributed by atoms with Crippen LogP contribution in [0.3, 0.4) is 0 Å². The van der Waals surface area contributed by atoms with E-state index in [-0.39, 0.29) is 6.03 Å². The molecule has 3 aromatic rings. The first-order valence-corrected chi connectivity index (χ1v) is 14.6. The Balaban J connectivity index is 1.62. The number of hydrogen-bond acceptors (Lipinski definition) is 6. The van der Waals surface area contributed by atoms with Gasteiger partial charge in [-0.25, -0.2) is 4.79 Å². The molecule has 0 spiro atoms. The van der Waals surface area contributed by atoms with Crippen LogP contribution in [0.15, 0.2) is 71.7 Å². The van der Waals surface area contributed by atoms with Crippen LogP contribution in [-0.2, 0) is 0 Å². The van der Waals surface area contributed by atoms with Crippen molar-refractivity contribution in [2.75, 3.05) is 39.3 Å². The van der Waals surface area contributed by atoms with Crippen LogP contribution in [0.5, 0.6) is 5.75 Å². The number of urea groups is 1. The number of amides is 2. The molecule has 2 heterocycles. The number of nitrogens with zero attached hydrogens (tertiary/aromatic N) is 6. The van der Waals surface area contributed by atoms with Gasteiger partial charge in [-0.1, -0.05) is 47.5 Å². The summed E-state index contributed by atoms with van der Waals surface area (Å²) in [7, 11) is 0. The summed E-state index contributed by atoms with van der Waals surface area (Å²) in [4.78, 5) is 25.5. The Kier molecular flexibility index (Phi) is 9.29. The third-order valence-corrected chi connectivity index (χ3v) is 8.03. The average molecular weight is 602 g/mol. The number of piperazine rings is 1. The van der Waals surface area contributed by atoms with Crippen molar-refractivity contribution >= 4 is 35.1 Å². The van der Waals surface area contributed by atoms with Crippen LogP contribution in [0.4, 0.5) is 4.79 Å². The maximum atomic E-state index is 14.5. The molecule has 2 aliphatic heterocycles. The maximum Gasteiger partial charge on any atom is 0.326 e. The molecular formula is C32H30Cl2N6O2. The number of hydrogen-bond donors (Lipinski definition) is 0. The van der Waals surface area contributed by atoms with E-state index in [1.165, 1.54) is 0 Å². The van der Waals surface area contributed by atoms with Gasteiger partial charge in [0.15, 0.2) is 0 Å². The van der Waals surface area contributed by atoms with Crippen LogP contribution in [-0.4, -0.2) is 65.9 Å². The van der Waals surface area contributed by atoms with E-state index < -0.39 is 12.1 Å². The van der Waals surface area contributed by atoms with E-state index in [1.54, 1.807) is 23.1 Å². The quantitative estimate of drug-likeness (QED) is 0.310. The van der Waals surface area contributed by atoms with E-state index in [0.717, 1.165) is 11.1 Å². The molecule has 5 rings (SSSR count). The largest absolute Gasteiger partial charge is 0.493 e. The Morgan fingerprint density at radius 2 is 1.60 bits per heavy atom. The highest BCUT2D eigenvalue weighted by Crippen LogP contribution is 2.45. The number of amidine groups is 1. The number of aliphatic imine (C=N–C) groups is 1. The second-order valence-corrected chi connectivity index (χ2v) is 11.0. The van der Waals surface area contributed by atoms with Crippen molar-refractivity contribution in [1.29, 1.82) is 10.5 Å². The topological polar surface area (TPSA) is 96.0 Å². The highest BCUT2D eigenvalue weighted by Gasteiger charge is 2.45. The predicted molar refractivity (Wildman–Crippen MR) is 163 cm³/mol. The minimum absolute atomic E-state index is 0.170. The Morgan fingerprint density at radius 3 is 2.19 bits per heavy atom. The molecule has 0 unspecified atom stereocenters. The number of nitriles is 2. The van der Waals surface area contributed by atoms with E-state index in [9.17, 15) is 10.1 Å². The van der Waals surface area contributed by atoms with Gasteiger partial charge in [0.1, 0.15) is 17.6 Å². The van der Waals surface area contributed by atoms with E-state index in [2.05, 4.69) is 17.0 Å². The number of carbonyl (C=O) groups excluding carboxylic acids is 1. The minimum Gasteiger partial charge on any atom is -0.493 e. The number of rotatable bonds is 7. The van der Waals surface area contributed by atoms with Gasteiger partial charge in [-0.2, -0.15) is 10.5 Å². The molecule has 8 nitrogen and oxygen atoms in total. The van der Waals surface area contributed by atoms with E-state index >= 15 is 0 Å². The number of ether oxygens (including phenoxy) is 1. The zero-order valence-electron chi connectivity index (χ0n) is 23.2. The first-order chi connectivity index (χ1) is 20.4. The first kappa shape index (κ1) is 29.4. The lowest BCUT2D eigenvalue weighted by Gasteiger charge is -2.39. The van der Waals surface area contributed by atoms with Crippen molar-refractivity contribution in [1.82, 2.24) is 14.7 Å². The van der Waals surface area contributed by atoms with E-state index in [4.69, 9.17) is 38.2 Å². The van der Waals surface area contributed by atoms with Crippen LogP contribution < -0.4 is 4.74 Å². The lowest BCUT2D eigenvalue weighted by molar-refractivity contribution is 0.120. The Labute approximate surface area is 255 Å². The predicted octanol–water partition coefficient (Wildman–Crippen LogP) is 6.46. The lowest BCUT2D eigenvalue weighted by atomic mass is 9.93. The molecule has 2 atom stereocenters. The van der Waals surface area contributed by atoms with Gasteiger partial charge in [-0.3, -0.25) is 14.8 Å². The van der Waals surface area contributed by atoms with E-state index in [0.29, 0.717) is 78.5 Å². The standard InChI is InChI=1S/C32H30Cl2N6O2/c1-2-42-28-20-22(21-36)4-13-27(28)31-37-29(23-5-9-25(33)10-6-23)30(24-7-11-26(34)12-8-24)40(31)32(41)39-18-16-38(17-19-39)15-3-14-35/h4-13,20,29-30H,2-3,15-19H2,1H3/t29-,30+/m0/s1. The van der Waals surface area contributed by atoms with Crippen LogP contribution in [0.2, 0.25) is 10.0 Å². The fourth-order valence-corrected chi connectivity index (χ4v) is 5.68. The molecule has 2 aliphatic rings. The molecule has 1 saturated heterocycles. The highest BCUT2D eigenvalue weighted by molar-refractivity contribution is 6.30. The number of halogens is 2. The van der Waals surface area contributed by atoms with Gasteiger partial charge >= 0.3 is 6.03 Å². The summed E-state index contributed by atoms with van der Waals surface area (Å²) in [5.74, 6) is 0.959. The van der Waals surface area contributed by atoms with E-state index in [1.807, 2.05) is 60.4 Å². The summed E-state index contributed by atoms with van der Waals surface area (Å²) in [6.07, 6.45) is 0.456. The summed E-state index contributed by atoms with van der Waals surface area (Å²) < 4.78 is 5.98.